The maximum Gasteiger partial charge on any atom is 0.324 e. The van der Waals surface area contributed by atoms with Crippen molar-refractivity contribution in [3.63, 3.8) is 0 Å². The number of rotatable bonds is 4. The van der Waals surface area contributed by atoms with E-state index in [1.165, 1.54) is 18.3 Å². The molecule has 3 rings (SSSR count). The number of aromatic nitrogens is 3. The van der Waals surface area contributed by atoms with Crippen LogP contribution < -0.4 is 5.32 Å². The van der Waals surface area contributed by atoms with Crippen molar-refractivity contribution in [2.24, 2.45) is 0 Å². The van der Waals surface area contributed by atoms with Gasteiger partial charge in [0, 0.05) is 18.5 Å². The highest BCUT2D eigenvalue weighted by Gasteiger charge is 2.15. The molecule has 0 saturated heterocycles. The Morgan fingerprint density at radius 3 is 2.77 bits per heavy atom. The molecule has 0 radical (unpaired) electrons. The second-order valence-electron chi connectivity index (χ2n) is 4.22. The van der Waals surface area contributed by atoms with E-state index in [0.29, 0.717) is 11.5 Å². The van der Waals surface area contributed by atoms with Crippen molar-refractivity contribution < 1.29 is 9.72 Å². The zero-order valence-corrected chi connectivity index (χ0v) is 11.9. The average molecular weight is 315 g/mol. The van der Waals surface area contributed by atoms with Gasteiger partial charge in [0.05, 0.1) is 21.7 Å². The molecule has 0 atom stereocenters. The number of thiophene rings is 1. The summed E-state index contributed by atoms with van der Waals surface area (Å²) in [6, 6.07) is 6.15. The number of nitro groups is 1. The van der Waals surface area contributed by atoms with Crippen LogP contribution in [0.2, 0.25) is 0 Å². The highest BCUT2D eigenvalue weighted by Crippen LogP contribution is 2.24. The lowest BCUT2D eigenvalue weighted by Gasteiger charge is -2.05. The van der Waals surface area contributed by atoms with Gasteiger partial charge in [0.25, 0.3) is 5.91 Å². The van der Waals surface area contributed by atoms with E-state index in [4.69, 9.17) is 0 Å². The number of hydrogen-bond acceptors (Lipinski definition) is 6. The summed E-state index contributed by atoms with van der Waals surface area (Å²) in [5, 5.41) is 13.2. The third-order valence-electron chi connectivity index (χ3n) is 2.77. The molecule has 3 heterocycles. The summed E-state index contributed by atoms with van der Waals surface area (Å²) in [5.41, 5.74) is 0.505. The van der Waals surface area contributed by atoms with E-state index >= 15 is 0 Å². The van der Waals surface area contributed by atoms with Gasteiger partial charge in [0.2, 0.25) is 0 Å². The van der Waals surface area contributed by atoms with Gasteiger partial charge in [-0.05, 0) is 18.2 Å². The molecule has 0 aliphatic rings. The quantitative estimate of drug-likeness (QED) is 0.588. The summed E-state index contributed by atoms with van der Waals surface area (Å²) in [7, 11) is 0. The first kappa shape index (κ1) is 13.9. The Hall–Kier alpha value is -3.07. The number of amides is 1. The summed E-state index contributed by atoms with van der Waals surface area (Å²) in [5.74, 6) is 0.262. The molecule has 9 heteroatoms. The van der Waals surface area contributed by atoms with E-state index < -0.39 is 10.8 Å². The average Bonchev–Trinajstić information content (AvgIpc) is 3.20. The van der Waals surface area contributed by atoms with Crippen molar-refractivity contribution in [3.8, 4) is 5.82 Å². The number of nitrogens with zero attached hydrogens (tertiary/aromatic N) is 4. The Morgan fingerprint density at radius 1 is 1.32 bits per heavy atom. The van der Waals surface area contributed by atoms with Crippen LogP contribution >= 0.6 is 11.3 Å². The number of pyridine rings is 1. The van der Waals surface area contributed by atoms with E-state index in [-0.39, 0.29) is 9.88 Å². The second kappa shape index (κ2) is 5.74. The number of hydrogen-bond donors (Lipinski definition) is 1. The normalized spacial score (nSPS) is 10.4. The zero-order chi connectivity index (χ0) is 15.5. The first-order valence-corrected chi connectivity index (χ1v) is 6.95. The van der Waals surface area contributed by atoms with E-state index in [1.54, 1.807) is 35.4 Å². The van der Waals surface area contributed by atoms with E-state index in [9.17, 15) is 14.9 Å². The van der Waals surface area contributed by atoms with Crippen LogP contribution in [-0.2, 0) is 0 Å². The third kappa shape index (κ3) is 2.83. The fraction of sp³-hybridized carbons (Fsp3) is 0. The molecule has 8 nitrogen and oxygen atoms in total. The lowest BCUT2D eigenvalue weighted by molar-refractivity contribution is -0.380. The number of nitrogens with one attached hydrogen (secondary N) is 1. The maximum absolute atomic E-state index is 12.0. The van der Waals surface area contributed by atoms with Gasteiger partial charge in [-0.15, -0.1) is 0 Å². The fourth-order valence-corrected chi connectivity index (χ4v) is 2.46. The van der Waals surface area contributed by atoms with Crippen molar-refractivity contribution >= 4 is 27.9 Å². The van der Waals surface area contributed by atoms with Crippen LogP contribution in [0.25, 0.3) is 5.82 Å². The minimum atomic E-state index is -0.525. The Morgan fingerprint density at radius 2 is 2.18 bits per heavy atom. The van der Waals surface area contributed by atoms with Crippen LogP contribution in [0, 0.1) is 10.1 Å². The summed E-state index contributed by atoms with van der Waals surface area (Å²) in [4.78, 5) is 30.5. The van der Waals surface area contributed by atoms with E-state index in [0.717, 1.165) is 11.3 Å². The number of carbonyl (C=O) groups excluding carboxylic acids is 1. The first-order chi connectivity index (χ1) is 10.6. The van der Waals surface area contributed by atoms with E-state index in [2.05, 4.69) is 15.3 Å². The van der Waals surface area contributed by atoms with Gasteiger partial charge >= 0.3 is 5.00 Å². The molecule has 0 aliphatic carbocycles. The van der Waals surface area contributed by atoms with Crippen LogP contribution in [0.1, 0.15) is 9.67 Å². The smallest absolute Gasteiger partial charge is 0.320 e. The molecule has 1 amide bonds. The van der Waals surface area contributed by atoms with Crippen LogP contribution in [0.5, 0.6) is 0 Å². The third-order valence-corrected chi connectivity index (χ3v) is 3.81. The van der Waals surface area contributed by atoms with Gasteiger partial charge in [-0.1, -0.05) is 11.3 Å². The topological polar surface area (TPSA) is 103 Å². The standard InChI is InChI=1S/C13H9N5O3S/c19-13(10-2-4-12(22-10)18(20)21)16-9-1-3-11(15-7-9)17-6-5-14-8-17/h1-8H,(H,16,19). The summed E-state index contributed by atoms with van der Waals surface area (Å²) >= 11 is 0.826. The highest BCUT2D eigenvalue weighted by atomic mass is 32.1. The predicted molar refractivity (Wildman–Crippen MR) is 80.3 cm³/mol. The van der Waals surface area contributed by atoms with Gasteiger partial charge in [0.1, 0.15) is 12.1 Å². The molecular weight excluding hydrogens is 306 g/mol. The molecule has 0 bridgehead atoms. The van der Waals surface area contributed by atoms with Crippen molar-refractivity contribution in [3.05, 3.63) is 64.2 Å². The van der Waals surface area contributed by atoms with Crippen LogP contribution in [0.4, 0.5) is 10.7 Å². The molecule has 0 aromatic carbocycles. The van der Waals surface area contributed by atoms with Crippen molar-refractivity contribution in [2.75, 3.05) is 5.32 Å². The molecule has 0 spiro atoms. The number of carbonyl (C=O) groups is 1. The van der Waals surface area contributed by atoms with E-state index in [1.807, 2.05) is 0 Å². The first-order valence-electron chi connectivity index (χ1n) is 6.13. The van der Waals surface area contributed by atoms with Crippen molar-refractivity contribution in [1.82, 2.24) is 14.5 Å². The number of imidazole rings is 1. The summed E-state index contributed by atoms with van der Waals surface area (Å²) < 4.78 is 1.73. The molecule has 0 saturated carbocycles. The summed E-state index contributed by atoms with van der Waals surface area (Å²) in [6.45, 7) is 0. The SMILES string of the molecule is O=C(Nc1ccc(-n2ccnc2)nc1)c1ccc([N+](=O)[O-])s1. The van der Waals surface area contributed by atoms with Crippen molar-refractivity contribution in [1.29, 1.82) is 0 Å². The molecule has 3 aromatic rings. The van der Waals surface area contributed by atoms with Gasteiger partial charge in [-0.25, -0.2) is 9.97 Å². The Labute approximate surface area is 128 Å². The summed E-state index contributed by atoms with van der Waals surface area (Å²) in [6.07, 6.45) is 6.52. The van der Waals surface area contributed by atoms with Crippen molar-refractivity contribution in [2.45, 2.75) is 0 Å². The monoisotopic (exact) mass is 315 g/mol. The molecule has 3 aromatic heterocycles. The van der Waals surface area contributed by atoms with Gasteiger partial charge in [-0.3, -0.25) is 19.5 Å². The molecule has 0 aliphatic heterocycles. The largest absolute Gasteiger partial charge is 0.324 e. The van der Waals surface area contributed by atoms with Crippen LogP contribution in [-0.4, -0.2) is 25.4 Å². The molecule has 22 heavy (non-hydrogen) atoms. The molecular formula is C13H9N5O3S. The van der Waals surface area contributed by atoms with Crippen LogP contribution in [0.15, 0.2) is 49.2 Å². The van der Waals surface area contributed by atoms with Crippen LogP contribution in [0.3, 0.4) is 0 Å². The maximum atomic E-state index is 12.0. The lowest BCUT2D eigenvalue weighted by atomic mass is 10.3. The minimum Gasteiger partial charge on any atom is -0.320 e. The lowest BCUT2D eigenvalue weighted by Crippen LogP contribution is -2.10. The Balaban J connectivity index is 1.72. The second-order valence-corrected chi connectivity index (χ2v) is 5.29. The highest BCUT2D eigenvalue weighted by molar-refractivity contribution is 7.17. The zero-order valence-electron chi connectivity index (χ0n) is 11.0. The Bertz CT molecular complexity index is 811. The van der Waals surface area contributed by atoms with Gasteiger partial charge in [0.15, 0.2) is 0 Å². The molecule has 0 unspecified atom stereocenters. The van der Waals surface area contributed by atoms with Gasteiger partial charge < -0.3 is 5.32 Å². The molecule has 1 N–H and O–H groups in total. The van der Waals surface area contributed by atoms with Gasteiger partial charge in [-0.2, -0.15) is 0 Å². The predicted octanol–water partition coefficient (Wildman–Crippen LogP) is 2.49. The molecule has 110 valence electrons. The number of anilines is 1. The molecule has 0 fully saturated rings. The fourth-order valence-electron chi connectivity index (χ4n) is 1.75. The Kier molecular flexibility index (Phi) is 3.62. The minimum absolute atomic E-state index is 0.0706.